The number of para-hydroxylation sites is 1. The lowest BCUT2D eigenvalue weighted by Crippen LogP contribution is -2.02. The van der Waals surface area contributed by atoms with Crippen molar-refractivity contribution in [1.82, 2.24) is 9.55 Å². The molecular weight excluding hydrogens is 186 g/mol. The third-order valence-electron chi connectivity index (χ3n) is 2.49. The molecule has 0 bridgehead atoms. The molecule has 15 heavy (non-hydrogen) atoms. The van der Waals surface area contributed by atoms with Crippen LogP contribution in [0.3, 0.4) is 0 Å². The lowest BCUT2D eigenvalue weighted by molar-refractivity contribution is 1.01. The zero-order chi connectivity index (χ0) is 10.8. The van der Waals surface area contributed by atoms with Gasteiger partial charge in [-0.1, -0.05) is 25.1 Å². The van der Waals surface area contributed by atoms with E-state index in [1.807, 2.05) is 29.8 Å². The summed E-state index contributed by atoms with van der Waals surface area (Å²) in [5, 5.41) is 0. The minimum absolute atomic E-state index is 0.549. The summed E-state index contributed by atoms with van der Waals surface area (Å²) in [6.07, 6.45) is 2.96. The average molecular weight is 201 g/mol. The number of rotatable bonds is 2. The summed E-state index contributed by atoms with van der Waals surface area (Å²) < 4.78 is 1.94. The number of nitrogen functional groups attached to an aromatic ring is 1. The highest BCUT2D eigenvalue weighted by Gasteiger charge is 2.06. The number of hydrogen-bond acceptors (Lipinski definition) is 2. The second kappa shape index (κ2) is 3.77. The van der Waals surface area contributed by atoms with Crippen molar-refractivity contribution in [3.63, 3.8) is 0 Å². The van der Waals surface area contributed by atoms with Crippen LogP contribution in [-0.4, -0.2) is 9.55 Å². The second-order valence-corrected chi connectivity index (χ2v) is 3.59. The lowest BCUT2D eigenvalue weighted by Gasteiger charge is -2.09. The van der Waals surface area contributed by atoms with Gasteiger partial charge in [-0.25, -0.2) is 4.98 Å². The van der Waals surface area contributed by atoms with E-state index in [0.29, 0.717) is 5.95 Å². The maximum Gasteiger partial charge on any atom is 0.205 e. The maximum atomic E-state index is 5.85. The third-order valence-corrected chi connectivity index (χ3v) is 2.49. The van der Waals surface area contributed by atoms with E-state index in [-0.39, 0.29) is 0 Å². The van der Waals surface area contributed by atoms with Crippen molar-refractivity contribution in [2.75, 3.05) is 5.73 Å². The van der Waals surface area contributed by atoms with Gasteiger partial charge in [0.15, 0.2) is 0 Å². The first kappa shape index (κ1) is 9.77. The molecule has 0 saturated heterocycles. The average Bonchev–Trinajstić information content (AvgIpc) is 2.57. The fourth-order valence-electron chi connectivity index (χ4n) is 1.75. The van der Waals surface area contributed by atoms with Gasteiger partial charge in [0.25, 0.3) is 0 Å². The number of aryl methyl sites for hydroxylation is 2. The van der Waals surface area contributed by atoms with Crippen LogP contribution >= 0.6 is 0 Å². The number of nitrogens with two attached hydrogens (primary N) is 1. The summed E-state index contributed by atoms with van der Waals surface area (Å²) >= 11 is 0. The van der Waals surface area contributed by atoms with Crippen molar-refractivity contribution in [3.8, 4) is 5.69 Å². The molecule has 1 heterocycles. The molecule has 1 aromatic carbocycles. The van der Waals surface area contributed by atoms with Gasteiger partial charge >= 0.3 is 0 Å². The smallest absolute Gasteiger partial charge is 0.205 e. The molecule has 0 aliphatic rings. The number of benzene rings is 1. The molecule has 2 rings (SSSR count). The van der Waals surface area contributed by atoms with E-state index in [4.69, 9.17) is 5.73 Å². The van der Waals surface area contributed by atoms with Crippen molar-refractivity contribution in [2.45, 2.75) is 20.3 Å². The monoisotopic (exact) mass is 201 g/mol. The minimum Gasteiger partial charge on any atom is -0.369 e. The number of aromatic nitrogens is 2. The zero-order valence-corrected chi connectivity index (χ0v) is 9.07. The molecule has 78 valence electrons. The molecule has 3 nitrogen and oxygen atoms in total. The van der Waals surface area contributed by atoms with E-state index < -0.39 is 0 Å². The summed E-state index contributed by atoms with van der Waals surface area (Å²) in [6.45, 7) is 4.08. The Hall–Kier alpha value is -1.77. The molecule has 1 aromatic heterocycles. The van der Waals surface area contributed by atoms with Gasteiger partial charge in [0, 0.05) is 6.20 Å². The fourth-order valence-corrected chi connectivity index (χ4v) is 1.75. The van der Waals surface area contributed by atoms with Crippen LogP contribution < -0.4 is 5.73 Å². The van der Waals surface area contributed by atoms with Crippen molar-refractivity contribution < 1.29 is 0 Å². The molecule has 0 amide bonds. The van der Waals surface area contributed by atoms with Crippen molar-refractivity contribution >= 4 is 5.95 Å². The van der Waals surface area contributed by atoms with E-state index in [1.165, 1.54) is 5.56 Å². The number of anilines is 1. The first-order valence-electron chi connectivity index (χ1n) is 5.12. The predicted octanol–water partition coefficient (Wildman–Crippen LogP) is 2.33. The van der Waals surface area contributed by atoms with Crippen molar-refractivity contribution in [3.05, 3.63) is 41.7 Å². The summed E-state index contributed by atoms with van der Waals surface area (Å²) in [5.74, 6) is 0.549. The molecule has 3 heteroatoms. The zero-order valence-electron chi connectivity index (χ0n) is 9.07. The Morgan fingerprint density at radius 3 is 2.67 bits per heavy atom. The summed E-state index contributed by atoms with van der Waals surface area (Å²) in [5.41, 5.74) is 9.19. The fraction of sp³-hybridized carbons (Fsp3) is 0.250. The highest BCUT2D eigenvalue weighted by Crippen LogP contribution is 2.18. The van der Waals surface area contributed by atoms with Crippen LogP contribution in [0.4, 0.5) is 5.95 Å². The Labute approximate surface area is 89.6 Å². The topological polar surface area (TPSA) is 43.8 Å². The van der Waals surface area contributed by atoms with Gasteiger partial charge in [0.05, 0.1) is 11.4 Å². The van der Waals surface area contributed by atoms with Gasteiger partial charge < -0.3 is 5.73 Å². The standard InChI is InChI=1S/C12H15N3/c1-3-10-6-4-5-7-11(10)15-8-9(2)14-12(15)13/h4-8H,3H2,1-2H3,(H2,13,14). The Morgan fingerprint density at radius 2 is 2.07 bits per heavy atom. The molecule has 0 atom stereocenters. The molecule has 0 spiro atoms. The Balaban J connectivity index is 2.58. The number of imidazole rings is 1. The second-order valence-electron chi connectivity index (χ2n) is 3.59. The third kappa shape index (κ3) is 1.73. The summed E-state index contributed by atoms with van der Waals surface area (Å²) in [4.78, 5) is 4.20. The largest absolute Gasteiger partial charge is 0.369 e. The highest BCUT2D eigenvalue weighted by molar-refractivity contribution is 5.46. The van der Waals surface area contributed by atoms with Crippen LogP contribution in [0.1, 0.15) is 18.2 Å². The minimum atomic E-state index is 0.549. The van der Waals surface area contributed by atoms with Crippen LogP contribution in [-0.2, 0) is 6.42 Å². The molecule has 2 aromatic rings. The van der Waals surface area contributed by atoms with Gasteiger partial charge in [0.2, 0.25) is 5.95 Å². The quantitative estimate of drug-likeness (QED) is 0.810. The molecule has 0 aliphatic carbocycles. The van der Waals surface area contributed by atoms with Gasteiger partial charge in [-0.3, -0.25) is 4.57 Å². The van der Waals surface area contributed by atoms with Crippen molar-refractivity contribution in [2.24, 2.45) is 0 Å². The normalized spacial score (nSPS) is 10.5. The maximum absolute atomic E-state index is 5.85. The van der Waals surface area contributed by atoms with Crippen LogP contribution in [0.2, 0.25) is 0 Å². The SMILES string of the molecule is CCc1ccccc1-n1cc(C)nc1N. The number of nitrogens with zero attached hydrogens (tertiary/aromatic N) is 2. The molecule has 0 aliphatic heterocycles. The Kier molecular flexibility index (Phi) is 2.46. The van der Waals surface area contributed by atoms with Gasteiger partial charge in [-0.2, -0.15) is 0 Å². The summed E-state index contributed by atoms with van der Waals surface area (Å²) in [6, 6.07) is 8.24. The van der Waals surface area contributed by atoms with Crippen LogP contribution in [0.25, 0.3) is 5.69 Å². The molecule has 0 saturated carbocycles. The first-order chi connectivity index (χ1) is 7.22. The van der Waals surface area contributed by atoms with E-state index >= 15 is 0 Å². The first-order valence-corrected chi connectivity index (χ1v) is 5.12. The Bertz CT molecular complexity index is 471. The van der Waals surface area contributed by atoms with Crippen LogP contribution in [0.5, 0.6) is 0 Å². The lowest BCUT2D eigenvalue weighted by atomic mass is 10.1. The van der Waals surface area contributed by atoms with Crippen LogP contribution in [0.15, 0.2) is 30.5 Å². The van der Waals surface area contributed by atoms with E-state index in [0.717, 1.165) is 17.8 Å². The van der Waals surface area contributed by atoms with E-state index in [2.05, 4.69) is 24.0 Å². The highest BCUT2D eigenvalue weighted by atomic mass is 15.1. The van der Waals surface area contributed by atoms with Gasteiger partial charge in [-0.15, -0.1) is 0 Å². The van der Waals surface area contributed by atoms with Crippen LogP contribution in [0, 0.1) is 6.92 Å². The van der Waals surface area contributed by atoms with Gasteiger partial charge in [0.1, 0.15) is 0 Å². The van der Waals surface area contributed by atoms with E-state index in [1.54, 1.807) is 0 Å². The Morgan fingerprint density at radius 1 is 1.33 bits per heavy atom. The summed E-state index contributed by atoms with van der Waals surface area (Å²) in [7, 11) is 0. The molecular formula is C12H15N3. The van der Waals surface area contributed by atoms with Gasteiger partial charge in [-0.05, 0) is 25.0 Å². The van der Waals surface area contributed by atoms with Crippen molar-refractivity contribution in [1.29, 1.82) is 0 Å². The predicted molar refractivity (Wildman–Crippen MR) is 62.1 cm³/mol. The molecule has 0 fully saturated rings. The molecule has 0 unspecified atom stereocenters. The molecule has 0 radical (unpaired) electrons. The number of hydrogen-bond donors (Lipinski definition) is 1. The van der Waals surface area contributed by atoms with E-state index in [9.17, 15) is 0 Å². The molecule has 2 N–H and O–H groups in total.